The van der Waals surface area contributed by atoms with Crippen molar-refractivity contribution in [3.8, 4) is 0 Å². The predicted molar refractivity (Wildman–Crippen MR) is 112 cm³/mol. The molecule has 0 unspecified atom stereocenters. The molecule has 1 saturated carbocycles. The molecule has 28 heavy (non-hydrogen) atoms. The number of carbonyl (C=O) groups is 2. The summed E-state index contributed by atoms with van der Waals surface area (Å²) in [6.07, 6.45) is 1.16. The number of hydrogen-bond donors (Lipinski definition) is 2. The van der Waals surface area contributed by atoms with Gasteiger partial charge in [0.1, 0.15) is 5.41 Å². The van der Waals surface area contributed by atoms with Crippen molar-refractivity contribution in [3.05, 3.63) is 54.6 Å². The molecule has 6 nitrogen and oxygen atoms in total. The second-order valence-electron chi connectivity index (χ2n) is 7.69. The van der Waals surface area contributed by atoms with E-state index < -0.39 is 5.41 Å². The summed E-state index contributed by atoms with van der Waals surface area (Å²) in [4.78, 5) is 30.1. The first-order valence-corrected chi connectivity index (χ1v) is 9.78. The smallest absolute Gasteiger partial charge is 0.240 e. The average Bonchev–Trinajstić information content (AvgIpc) is 3.52. The van der Waals surface area contributed by atoms with Crippen LogP contribution in [0.25, 0.3) is 0 Å². The van der Waals surface area contributed by atoms with E-state index in [1.807, 2.05) is 54.6 Å². The van der Waals surface area contributed by atoms with Crippen LogP contribution in [-0.2, 0) is 9.59 Å². The molecule has 1 aliphatic carbocycles. The zero-order valence-corrected chi connectivity index (χ0v) is 16.1. The zero-order valence-electron chi connectivity index (χ0n) is 16.1. The number of carbonyl (C=O) groups excluding carboxylic acids is 2. The van der Waals surface area contributed by atoms with Crippen LogP contribution in [0.15, 0.2) is 54.6 Å². The van der Waals surface area contributed by atoms with E-state index in [1.165, 1.54) is 0 Å². The first-order chi connectivity index (χ1) is 13.6. The van der Waals surface area contributed by atoms with Gasteiger partial charge >= 0.3 is 0 Å². The Kier molecular flexibility index (Phi) is 5.05. The molecule has 0 bridgehead atoms. The molecule has 0 spiro atoms. The van der Waals surface area contributed by atoms with E-state index in [0.29, 0.717) is 18.5 Å². The summed E-state index contributed by atoms with van der Waals surface area (Å²) in [5.74, 6) is -0.460. The van der Waals surface area contributed by atoms with E-state index in [1.54, 1.807) is 0 Å². The summed E-state index contributed by atoms with van der Waals surface area (Å²) in [7, 11) is 2.14. The highest BCUT2D eigenvalue weighted by Gasteiger charge is 2.56. The van der Waals surface area contributed by atoms with Gasteiger partial charge in [0.15, 0.2) is 0 Å². The molecule has 0 radical (unpaired) electrons. The lowest BCUT2D eigenvalue weighted by atomic mass is 10.0. The van der Waals surface area contributed by atoms with E-state index in [2.05, 4.69) is 27.5 Å². The molecule has 1 saturated heterocycles. The molecule has 2 aliphatic rings. The predicted octanol–water partition coefficient (Wildman–Crippen LogP) is 2.80. The first-order valence-electron chi connectivity index (χ1n) is 9.78. The van der Waals surface area contributed by atoms with Gasteiger partial charge < -0.3 is 20.4 Å². The Hall–Kier alpha value is -2.86. The van der Waals surface area contributed by atoms with Crippen molar-refractivity contribution in [1.82, 2.24) is 4.90 Å². The van der Waals surface area contributed by atoms with Gasteiger partial charge in [-0.2, -0.15) is 0 Å². The highest BCUT2D eigenvalue weighted by Crippen LogP contribution is 2.47. The standard InChI is InChI=1S/C22H26N4O2/c1-25-13-15-26(16-14-25)19-9-7-18(8-10-19)24-21(28)22(11-12-22)20(27)23-17-5-3-2-4-6-17/h2-10H,11-16H2,1H3,(H,23,27)(H,24,28). The molecule has 1 heterocycles. The minimum atomic E-state index is -0.952. The second kappa shape index (κ2) is 7.64. The number of hydrogen-bond acceptors (Lipinski definition) is 4. The maximum absolute atomic E-state index is 12.8. The van der Waals surface area contributed by atoms with Crippen molar-refractivity contribution in [1.29, 1.82) is 0 Å². The van der Waals surface area contributed by atoms with Crippen molar-refractivity contribution in [3.63, 3.8) is 0 Å². The molecule has 2 aromatic rings. The van der Waals surface area contributed by atoms with E-state index in [9.17, 15) is 9.59 Å². The Bertz CT molecular complexity index is 839. The van der Waals surface area contributed by atoms with Gasteiger partial charge in [-0.25, -0.2) is 0 Å². The highest BCUT2D eigenvalue weighted by atomic mass is 16.2. The van der Waals surface area contributed by atoms with Crippen molar-refractivity contribution < 1.29 is 9.59 Å². The molecular formula is C22H26N4O2. The van der Waals surface area contributed by atoms with Crippen LogP contribution in [0, 0.1) is 5.41 Å². The summed E-state index contributed by atoms with van der Waals surface area (Å²) in [5.41, 5.74) is 1.64. The van der Waals surface area contributed by atoms with Crippen LogP contribution >= 0.6 is 0 Å². The number of nitrogens with zero attached hydrogens (tertiary/aromatic N) is 2. The Labute approximate surface area is 165 Å². The Morgan fingerprint density at radius 2 is 1.32 bits per heavy atom. The number of nitrogens with one attached hydrogen (secondary N) is 2. The summed E-state index contributed by atoms with van der Waals surface area (Å²) >= 11 is 0. The second-order valence-corrected chi connectivity index (χ2v) is 7.69. The molecule has 0 atom stereocenters. The third-order valence-corrected chi connectivity index (χ3v) is 5.64. The Morgan fingerprint density at radius 3 is 1.86 bits per heavy atom. The minimum Gasteiger partial charge on any atom is -0.369 e. The molecule has 0 aromatic heterocycles. The van der Waals surface area contributed by atoms with Crippen LogP contribution in [0.1, 0.15) is 12.8 Å². The lowest BCUT2D eigenvalue weighted by Gasteiger charge is -2.34. The van der Waals surface area contributed by atoms with E-state index in [-0.39, 0.29) is 11.8 Å². The van der Waals surface area contributed by atoms with Gasteiger partial charge in [-0.3, -0.25) is 9.59 Å². The Balaban J connectivity index is 1.37. The molecule has 2 fully saturated rings. The van der Waals surface area contributed by atoms with Crippen LogP contribution in [-0.4, -0.2) is 49.9 Å². The SMILES string of the molecule is CN1CCN(c2ccc(NC(=O)C3(C(=O)Nc4ccccc4)CC3)cc2)CC1. The van der Waals surface area contributed by atoms with Gasteiger partial charge in [-0.15, -0.1) is 0 Å². The average molecular weight is 378 g/mol. The van der Waals surface area contributed by atoms with Crippen LogP contribution < -0.4 is 15.5 Å². The van der Waals surface area contributed by atoms with E-state index >= 15 is 0 Å². The number of piperazine rings is 1. The zero-order chi connectivity index (χ0) is 19.6. The largest absolute Gasteiger partial charge is 0.369 e. The number of anilines is 3. The summed E-state index contributed by atoms with van der Waals surface area (Å²) in [6.45, 7) is 4.12. The minimum absolute atomic E-state index is 0.228. The molecule has 146 valence electrons. The van der Waals surface area contributed by atoms with Gasteiger partial charge in [0.2, 0.25) is 11.8 Å². The molecule has 2 aromatic carbocycles. The van der Waals surface area contributed by atoms with Crippen molar-refractivity contribution in [2.45, 2.75) is 12.8 Å². The van der Waals surface area contributed by atoms with Crippen LogP contribution in [0.2, 0.25) is 0 Å². The van der Waals surface area contributed by atoms with Crippen LogP contribution in [0.3, 0.4) is 0 Å². The first kappa shape index (κ1) is 18.5. The number of para-hydroxylation sites is 1. The lowest BCUT2D eigenvalue weighted by molar-refractivity contribution is -0.131. The van der Waals surface area contributed by atoms with E-state index in [4.69, 9.17) is 0 Å². The molecule has 4 rings (SSSR count). The maximum Gasteiger partial charge on any atom is 0.240 e. The fourth-order valence-corrected chi connectivity index (χ4v) is 3.53. The van der Waals surface area contributed by atoms with Crippen LogP contribution in [0.4, 0.5) is 17.1 Å². The highest BCUT2D eigenvalue weighted by molar-refractivity contribution is 6.16. The lowest BCUT2D eigenvalue weighted by Crippen LogP contribution is -2.44. The van der Waals surface area contributed by atoms with Crippen molar-refractivity contribution in [2.24, 2.45) is 5.41 Å². The Morgan fingerprint density at radius 1 is 0.786 bits per heavy atom. The maximum atomic E-state index is 12.8. The normalized spacial score (nSPS) is 18.4. The summed E-state index contributed by atoms with van der Waals surface area (Å²) in [5, 5.41) is 5.78. The summed E-state index contributed by atoms with van der Waals surface area (Å²) in [6, 6.07) is 17.1. The fraction of sp³-hybridized carbons (Fsp3) is 0.364. The number of amides is 2. The molecular weight excluding hydrogens is 352 g/mol. The monoisotopic (exact) mass is 378 g/mol. The van der Waals surface area contributed by atoms with Gasteiger partial charge in [0.25, 0.3) is 0 Å². The summed E-state index contributed by atoms with van der Waals surface area (Å²) < 4.78 is 0. The quantitative estimate of drug-likeness (QED) is 0.786. The topological polar surface area (TPSA) is 64.7 Å². The van der Waals surface area contributed by atoms with Gasteiger partial charge in [-0.1, -0.05) is 18.2 Å². The third-order valence-electron chi connectivity index (χ3n) is 5.64. The molecule has 2 amide bonds. The van der Waals surface area contributed by atoms with Crippen molar-refractivity contribution in [2.75, 3.05) is 48.8 Å². The molecule has 6 heteroatoms. The number of likely N-dealkylation sites (N-methyl/N-ethyl adjacent to an activating group) is 1. The molecule has 2 N–H and O–H groups in total. The fourth-order valence-electron chi connectivity index (χ4n) is 3.53. The van der Waals surface area contributed by atoms with E-state index in [0.717, 1.165) is 37.6 Å². The van der Waals surface area contributed by atoms with Crippen LogP contribution in [0.5, 0.6) is 0 Å². The van der Waals surface area contributed by atoms with Gasteiger partial charge in [0, 0.05) is 43.2 Å². The number of benzene rings is 2. The van der Waals surface area contributed by atoms with Crippen molar-refractivity contribution >= 4 is 28.9 Å². The molecule has 1 aliphatic heterocycles. The van der Waals surface area contributed by atoms with Gasteiger partial charge in [0.05, 0.1) is 0 Å². The number of rotatable bonds is 5. The third kappa shape index (κ3) is 3.87. The van der Waals surface area contributed by atoms with Gasteiger partial charge in [-0.05, 0) is 56.3 Å².